The van der Waals surface area contributed by atoms with E-state index in [4.69, 9.17) is 16.0 Å². The van der Waals surface area contributed by atoms with E-state index >= 15 is 0 Å². The summed E-state index contributed by atoms with van der Waals surface area (Å²) in [5.74, 6) is 0.714. The minimum absolute atomic E-state index is 0.111. The van der Waals surface area contributed by atoms with E-state index in [9.17, 15) is 13.2 Å². The summed E-state index contributed by atoms with van der Waals surface area (Å²) < 4.78 is 42.3. The number of hydrogen-bond acceptors (Lipinski definition) is 4. The number of rotatable bonds is 4. The molecule has 0 atom stereocenters. The van der Waals surface area contributed by atoms with Crippen LogP contribution in [0.1, 0.15) is 11.5 Å². The molecule has 0 aliphatic carbocycles. The Bertz CT molecular complexity index is 539. The van der Waals surface area contributed by atoms with Gasteiger partial charge in [-0.2, -0.15) is 13.2 Å². The van der Waals surface area contributed by atoms with Crippen molar-refractivity contribution in [2.45, 2.75) is 12.6 Å². The highest BCUT2D eigenvalue weighted by Gasteiger charge is 2.29. The van der Waals surface area contributed by atoms with Crippen LogP contribution in [-0.4, -0.2) is 16.1 Å². The van der Waals surface area contributed by atoms with Gasteiger partial charge in [-0.1, -0.05) is 5.10 Å². The Morgan fingerprint density at radius 2 is 1.84 bits per heavy atom. The van der Waals surface area contributed by atoms with Gasteiger partial charge in [0.2, 0.25) is 5.89 Å². The average molecular weight is 292 g/mol. The van der Waals surface area contributed by atoms with Crippen LogP contribution in [0, 0.1) is 0 Å². The minimum atomic E-state index is -4.35. The zero-order valence-electron chi connectivity index (χ0n) is 9.54. The van der Waals surface area contributed by atoms with Crippen molar-refractivity contribution in [3.63, 3.8) is 0 Å². The van der Waals surface area contributed by atoms with Gasteiger partial charge >= 0.3 is 12.2 Å². The first-order chi connectivity index (χ1) is 8.99. The van der Waals surface area contributed by atoms with Crippen LogP contribution in [0.3, 0.4) is 0 Å². The Morgan fingerprint density at radius 3 is 2.42 bits per heavy atom. The summed E-state index contributed by atoms with van der Waals surface area (Å²) in [5, 5.41) is 10.1. The predicted octanol–water partition coefficient (Wildman–Crippen LogP) is 3.61. The zero-order valence-corrected chi connectivity index (χ0v) is 10.3. The molecule has 0 aliphatic heterocycles. The molecule has 0 saturated carbocycles. The maximum absolute atomic E-state index is 12.4. The number of anilines is 2. The van der Waals surface area contributed by atoms with Crippen LogP contribution in [0.25, 0.3) is 0 Å². The van der Waals surface area contributed by atoms with Gasteiger partial charge < -0.3 is 9.73 Å². The monoisotopic (exact) mass is 291 g/mol. The molecule has 0 unspecified atom stereocenters. The van der Waals surface area contributed by atoms with Crippen molar-refractivity contribution in [2.24, 2.45) is 0 Å². The van der Waals surface area contributed by atoms with Crippen molar-refractivity contribution in [3.8, 4) is 0 Å². The van der Waals surface area contributed by atoms with Gasteiger partial charge in [0.15, 0.2) is 0 Å². The molecule has 1 heterocycles. The van der Waals surface area contributed by atoms with Crippen molar-refractivity contribution < 1.29 is 17.6 Å². The van der Waals surface area contributed by atoms with Crippen LogP contribution in [0.4, 0.5) is 24.9 Å². The van der Waals surface area contributed by atoms with Gasteiger partial charge in [-0.15, -0.1) is 16.7 Å². The number of aromatic nitrogens is 2. The summed E-state index contributed by atoms with van der Waals surface area (Å²) >= 11 is 5.51. The summed E-state index contributed by atoms with van der Waals surface area (Å²) in [4.78, 5) is 0. The molecule has 19 heavy (non-hydrogen) atoms. The summed E-state index contributed by atoms with van der Waals surface area (Å²) in [5.41, 5.74) is -0.291. The van der Waals surface area contributed by atoms with Gasteiger partial charge in [0.1, 0.15) is 0 Å². The van der Waals surface area contributed by atoms with E-state index < -0.39 is 11.7 Å². The molecular formula is C11H9ClF3N3O. The summed E-state index contributed by atoms with van der Waals surface area (Å²) in [6.45, 7) is 0. The maximum atomic E-state index is 12.4. The number of nitrogens with zero attached hydrogens (tertiary/aromatic N) is 2. The van der Waals surface area contributed by atoms with Crippen molar-refractivity contribution in [2.75, 3.05) is 11.2 Å². The first-order valence-electron chi connectivity index (χ1n) is 5.31. The second kappa shape index (κ2) is 5.48. The Balaban J connectivity index is 2.06. The highest BCUT2D eigenvalue weighted by Crippen LogP contribution is 2.30. The number of alkyl halides is 4. The lowest BCUT2D eigenvalue weighted by Crippen LogP contribution is -2.04. The second-order valence-corrected chi connectivity index (χ2v) is 4.02. The number of halogens is 4. The predicted molar refractivity (Wildman–Crippen MR) is 63.4 cm³/mol. The molecule has 0 aliphatic rings. The molecule has 0 bridgehead atoms. The van der Waals surface area contributed by atoms with Gasteiger partial charge in [-0.05, 0) is 24.3 Å². The summed E-state index contributed by atoms with van der Waals surface area (Å²) in [6.07, 6.45) is -3.92. The second-order valence-electron chi connectivity index (χ2n) is 3.64. The Labute approximate surface area is 111 Å². The molecule has 2 aromatic rings. The Hall–Kier alpha value is -1.76. The SMILES string of the molecule is FC(F)(F)c1ccc(Nc2nnc(CCCl)o2)cc1. The van der Waals surface area contributed by atoms with E-state index in [-0.39, 0.29) is 6.01 Å². The topological polar surface area (TPSA) is 51.0 Å². The zero-order chi connectivity index (χ0) is 13.9. The fourth-order valence-electron chi connectivity index (χ4n) is 1.35. The molecule has 102 valence electrons. The van der Waals surface area contributed by atoms with Gasteiger partial charge in [-0.25, -0.2) is 0 Å². The number of benzene rings is 1. The molecule has 1 aromatic heterocycles. The van der Waals surface area contributed by atoms with Crippen LogP contribution in [-0.2, 0) is 12.6 Å². The fraction of sp³-hybridized carbons (Fsp3) is 0.273. The van der Waals surface area contributed by atoms with Crippen molar-refractivity contribution >= 4 is 23.3 Å². The third kappa shape index (κ3) is 3.60. The minimum Gasteiger partial charge on any atom is -0.408 e. The molecule has 1 N–H and O–H groups in total. The van der Waals surface area contributed by atoms with Gasteiger partial charge in [0.25, 0.3) is 0 Å². The smallest absolute Gasteiger partial charge is 0.408 e. The Kier molecular flexibility index (Phi) is 3.94. The normalized spacial score (nSPS) is 11.6. The van der Waals surface area contributed by atoms with Gasteiger partial charge in [0, 0.05) is 18.0 Å². The van der Waals surface area contributed by atoms with Gasteiger partial charge in [0.05, 0.1) is 5.56 Å². The van der Waals surface area contributed by atoms with E-state index in [1.165, 1.54) is 12.1 Å². The molecule has 0 radical (unpaired) electrons. The fourth-order valence-corrected chi connectivity index (χ4v) is 1.51. The van der Waals surface area contributed by atoms with Crippen LogP contribution in [0.2, 0.25) is 0 Å². The van der Waals surface area contributed by atoms with E-state index in [2.05, 4.69) is 15.5 Å². The molecule has 8 heteroatoms. The van der Waals surface area contributed by atoms with Crippen LogP contribution in [0.5, 0.6) is 0 Å². The van der Waals surface area contributed by atoms with Crippen molar-refractivity contribution in [1.29, 1.82) is 0 Å². The van der Waals surface area contributed by atoms with Gasteiger partial charge in [-0.3, -0.25) is 0 Å². The Morgan fingerprint density at radius 1 is 1.16 bits per heavy atom. The quantitative estimate of drug-likeness (QED) is 0.874. The lowest BCUT2D eigenvalue weighted by Gasteiger charge is -2.07. The summed E-state index contributed by atoms with van der Waals surface area (Å²) in [6, 6.07) is 4.62. The molecule has 0 fully saturated rings. The number of hydrogen-bond donors (Lipinski definition) is 1. The van der Waals surface area contributed by atoms with Crippen LogP contribution in [0.15, 0.2) is 28.7 Å². The van der Waals surface area contributed by atoms with E-state index in [1.54, 1.807) is 0 Å². The lowest BCUT2D eigenvalue weighted by molar-refractivity contribution is -0.137. The summed E-state index contributed by atoms with van der Waals surface area (Å²) in [7, 11) is 0. The van der Waals surface area contributed by atoms with E-state index in [1.807, 2.05) is 0 Å². The molecule has 0 saturated heterocycles. The van der Waals surface area contributed by atoms with Crippen molar-refractivity contribution in [1.82, 2.24) is 10.2 Å². The highest BCUT2D eigenvalue weighted by atomic mass is 35.5. The molecule has 1 aromatic carbocycles. The van der Waals surface area contributed by atoms with Crippen molar-refractivity contribution in [3.05, 3.63) is 35.7 Å². The molecule has 4 nitrogen and oxygen atoms in total. The van der Waals surface area contributed by atoms with E-state index in [0.717, 1.165) is 12.1 Å². The average Bonchev–Trinajstić information content (AvgIpc) is 2.77. The molecular weight excluding hydrogens is 283 g/mol. The molecule has 0 amide bonds. The third-order valence-electron chi connectivity index (χ3n) is 2.24. The third-order valence-corrected chi connectivity index (χ3v) is 2.43. The highest BCUT2D eigenvalue weighted by molar-refractivity contribution is 6.17. The van der Waals surface area contributed by atoms with Crippen LogP contribution >= 0.6 is 11.6 Å². The maximum Gasteiger partial charge on any atom is 0.416 e. The first kappa shape index (κ1) is 13.7. The largest absolute Gasteiger partial charge is 0.416 e. The molecule has 2 rings (SSSR count). The number of nitrogens with one attached hydrogen (secondary N) is 1. The van der Waals surface area contributed by atoms with E-state index in [0.29, 0.717) is 23.9 Å². The lowest BCUT2D eigenvalue weighted by atomic mass is 10.2. The number of aryl methyl sites for hydroxylation is 1. The molecule has 0 spiro atoms. The standard InChI is InChI=1S/C11H9ClF3N3O/c12-6-5-9-17-18-10(19-9)16-8-3-1-7(2-4-8)11(13,14)15/h1-4H,5-6H2,(H,16,18). The first-order valence-corrected chi connectivity index (χ1v) is 5.85. The van der Waals surface area contributed by atoms with Crippen LogP contribution < -0.4 is 5.32 Å².